The maximum Gasteiger partial charge on any atom is 0.310 e. The van der Waals surface area contributed by atoms with Crippen LogP contribution < -0.4 is 5.32 Å². The number of aliphatic carboxylic acids is 1. The second-order valence-corrected chi connectivity index (χ2v) is 5.81. The lowest BCUT2D eigenvalue weighted by molar-refractivity contribution is -0.151. The molecule has 4 heteroatoms. The molecule has 2 saturated carbocycles. The Bertz CT molecular complexity index is 315. The molecule has 0 unspecified atom stereocenters. The fraction of sp³-hybridized carbons (Fsp3) is 0.846. The van der Waals surface area contributed by atoms with Gasteiger partial charge in [-0.15, -0.1) is 0 Å². The summed E-state index contributed by atoms with van der Waals surface area (Å²) in [6.07, 6.45) is 5.39. The van der Waals surface area contributed by atoms with Crippen LogP contribution in [0.3, 0.4) is 0 Å². The van der Waals surface area contributed by atoms with E-state index in [4.69, 9.17) is 0 Å². The number of carboxylic acids is 1. The van der Waals surface area contributed by atoms with Crippen LogP contribution in [0.15, 0.2) is 0 Å². The number of carbonyl (C=O) groups is 2. The molecule has 1 amide bonds. The Morgan fingerprint density at radius 2 is 1.88 bits per heavy atom. The van der Waals surface area contributed by atoms with Gasteiger partial charge in [-0.25, -0.2) is 0 Å². The van der Waals surface area contributed by atoms with Crippen molar-refractivity contribution in [3.05, 3.63) is 0 Å². The summed E-state index contributed by atoms with van der Waals surface area (Å²) in [7, 11) is 0. The van der Waals surface area contributed by atoms with Crippen molar-refractivity contribution in [1.82, 2.24) is 5.32 Å². The van der Waals surface area contributed by atoms with E-state index in [-0.39, 0.29) is 18.4 Å². The third-order valence-electron chi connectivity index (χ3n) is 4.25. The van der Waals surface area contributed by atoms with Gasteiger partial charge in [0.2, 0.25) is 5.91 Å². The predicted molar refractivity (Wildman–Crippen MR) is 63.5 cm³/mol. The van der Waals surface area contributed by atoms with Crippen molar-refractivity contribution in [2.75, 3.05) is 0 Å². The maximum atomic E-state index is 11.8. The first-order valence-electron chi connectivity index (χ1n) is 6.55. The predicted octanol–water partition coefficient (Wildman–Crippen LogP) is 1.94. The van der Waals surface area contributed by atoms with Gasteiger partial charge in [-0.3, -0.25) is 9.59 Å². The van der Waals surface area contributed by atoms with Crippen molar-refractivity contribution < 1.29 is 14.7 Å². The average Bonchev–Trinajstić information content (AvgIpc) is 2.65. The minimum absolute atomic E-state index is 0.0776. The van der Waals surface area contributed by atoms with E-state index >= 15 is 0 Å². The quantitative estimate of drug-likeness (QED) is 0.787. The lowest BCUT2D eigenvalue weighted by atomic mass is 9.80. The van der Waals surface area contributed by atoms with Crippen LogP contribution in [-0.4, -0.2) is 23.0 Å². The molecule has 17 heavy (non-hydrogen) atoms. The number of carbonyl (C=O) groups excluding carboxylic acids is 1. The Morgan fingerprint density at radius 3 is 2.35 bits per heavy atom. The standard InChI is InChI=1S/C13H21NO3/c1-9-6-10(7-9)14-11(15)8-13(12(16)17)4-2-3-5-13/h9-10H,2-8H2,1H3,(H,14,15)(H,16,17). The molecule has 2 rings (SSSR count). The van der Waals surface area contributed by atoms with Gasteiger partial charge < -0.3 is 10.4 Å². The average molecular weight is 239 g/mol. The fourth-order valence-electron chi connectivity index (χ4n) is 3.12. The molecular formula is C13H21NO3. The zero-order valence-electron chi connectivity index (χ0n) is 10.4. The highest BCUT2D eigenvalue weighted by Gasteiger charge is 2.43. The minimum atomic E-state index is -0.799. The minimum Gasteiger partial charge on any atom is -0.481 e. The molecule has 0 heterocycles. The van der Waals surface area contributed by atoms with Crippen LogP contribution in [-0.2, 0) is 9.59 Å². The third kappa shape index (κ3) is 2.61. The van der Waals surface area contributed by atoms with E-state index in [0.717, 1.165) is 25.7 Å². The summed E-state index contributed by atoms with van der Waals surface area (Å²) >= 11 is 0. The van der Waals surface area contributed by atoms with E-state index in [1.54, 1.807) is 0 Å². The number of hydrogen-bond acceptors (Lipinski definition) is 2. The molecule has 0 spiro atoms. The lowest BCUT2D eigenvalue weighted by Gasteiger charge is -2.34. The molecule has 0 aromatic carbocycles. The van der Waals surface area contributed by atoms with Gasteiger partial charge in [0, 0.05) is 12.5 Å². The molecule has 0 atom stereocenters. The van der Waals surface area contributed by atoms with Crippen LogP contribution in [0.2, 0.25) is 0 Å². The largest absolute Gasteiger partial charge is 0.481 e. The molecular weight excluding hydrogens is 218 g/mol. The molecule has 0 aromatic rings. The molecule has 0 aliphatic heterocycles. The highest BCUT2D eigenvalue weighted by molar-refractivity contribution is 5.85. The first kappa shape index (κ1) is 12.4. The lowest BCUT2D eigenvalue weighted by Crippen LogP contribution is -2.45. The monoisotopic (exact) mass is 239 g/mol. The van der Waals surface area contributed by atoms with Crippen LogP contribution in [0.25, 0.3) is 0 Å². The van der Waals surface area contributed by atoms with Crippen LogP contribution in [0.4, 0.5) is 0 Å². The van der Waals surface area contributed by atoms with Crippen molar-refractivity contribution in [2.24, 2.45) is 11.3 Å². The van der Waals surface area contributed by atoms with Gasteiger partial charge in [0.1, 0.15) is 0 Å². The van der Waals surface area contributed by atoms with Crippen molar-refractivity contribution in [1.29, 1.82) is 0 Å². The zero-order chi connectivity index (χ0) is 12.5. The summed E-state index contributed by atoms with van der Waals surface area (Å²) < 4.78 is 0. The topological polar surface area (TPSA) is 66.4 Å². The molecule has 2 N–H and O–H groups in total. The fourth-order valence-corrected chi connectivity index (χ4v) is 3.12. The molecule has 2 aliphatic rings. The molecule has 2 fully saturated rings. The Kier molecular flexibility index (Phi) is 3.40. The van der Waals surface area contributed by atoms with Crippen molar-refractivity contribution >= 4 is 11.9 Å². The van der Waals surface area contributed by atoms with E-state index in [1.807, 2.05) is 0 Å². The number of nitrogens with one attached hydrogen (secondary N) is 1. The third-order valence-corrected chi connectivity index (χ3v) is 4.25. The summed E-state index contributed by atoms with van der Waals surface area (Å²) in [4.78, 5) is 23.1. The first-order chi connectivity index (χ1) is 8.02. The zero-order valence-corrected chi connectivity index (χ0v) is 10.4. The van der Waals surface area contributed by atoms with E-state index < -0.39 is 11.4 Å². The second-order valence-electron chi connectivity index (χ2n) is 5.81. The number of amides is 1. The van der Waals surface area contributed by atoms with Gasteiger partial charge in [-0.05, 0) is 31.6 Å². The number of carboxylic acid groups (broad SMARTS) is 1. The van der Waals surface area contributed by atoms with Gasteiger partial charge in [0.25, 0.3) is 0 Å². The first-order valence-corrected chi connectivity index (χ1v) is 6.55. The summed E-state index contributed by atoms with van der Waals surface area (Å²) in [6.45, 7) is 2.17. The molecule has 4 nitrogen and oxygen atoms in total. The van der Waals surface area contributed by atoms with Crippen LogP contribution in [0, 0.1) is 11.3 Å². The van der Waals surface area contributed by atoms with Gasteiger partial charge >= 0.3 is 5.97 Å². The van der Waals surface area contributed by atoms with Crippen LogP contribution in [0.1, 0.15) is 51.9 Å². The Morgan fingerprint density at radius 1 is 1.29 bits per heavy atom. The van der Waals surface area contributed by atoms with Crippen molar-refractivity contribution in [3.63, 3.8) is 0 Å². The Labute approximate surface area is 102 Å². The van der Waals surface area contributed by atoms with Crippen molar-refractivity contribution in [2.45, 2.75) is 57.9 Å². The normalized spacial score (nSPS) is 30.6. The van der Waals surface area contributed by atoms with Gasteiger partial charge in [-0.1, -0.05) is 19.8 Å². The highest BCUT2D eigenvalue weighted by Crippen LogP contribution is 2.41. The molecule has 0 bridgehead atoms. The molecule has 0 aromatic heterocycles. The molecule has 0 radical (unpaired) electrons. The summed E-state index contributed by atoms with van der Waals surface area (Å²) in [5.41, 5.74) is -0.778. The van der Waals surface area contributed by atoms with Crippen molar-refractivity contribution in [3.8, 4) is 0 Å². The Hall–Kier alpha value is -1.06. The van der Waals surface area contributed by atoms with E-state index in [9.17, 15) is 14.7 Å². The van der Waals surface area contributed by atoms with Crippen LogP contribution in [0.5, 0.6) is 0 Å². The smallest absolute Gasteiger partial charge is 0.310 e. The van der Waals surface area contributed by atoms with Gasteiger partial charge in [-0.2, -0.15) is 0 Å². The summed E-state index contributed by atoms with van der Waals surface area (Å²) in [5.74, 6) is -0.182. The second kappa shape index (κ2) is 4.67. The SMILES string of the molecule is CC1CC(NC(=O)CC2(C(=O)O)CCCC2)C1. The van der Waals surface area contributed by atoms with Crippen LogP contribution >= 0.6 is 0 Å². The highest BCUT2D eigenvalue weighted by atomic mass is 16.4. The molecule has 0 saturated heterocycles. The van der Waals surface area contributed by atoms with E-state index in [2.05, 4.69) is 12.2 Å². The Balaban J connectivity index is 1.86. The number of hydrogen-bond donors (Lipinski definition) is 2. The summed E-state index contributed by atoms with van der Waals surface area (Å²) in [6, 6.07) is 0.282. The van der Waals surface area contributed by atoms with Gasteiger partial charge in [0.05, 0.1) is 5.41 Å². The number of rotatable bonds is 4. The van der Waals surface area contributed by atoms with Gasteiger partial charge in [0.15, 0.2) is 0 Å². The summed E-state index contributed by atoms with van der Waals surface area (Å²) in [5, 5.41) is 12.2. The molecule has 96 valence electrons. The van der Waals surface area contributed by atoms with E-state index in [1.165, 1.54) is 0 Å². The van der Waals surface area contributed by atoms with E-state index in [0.29, 0.717) is 18.8 Å². The maximum absolute atomic E-state index is 11.8. The molecule has 2 aliphatic carbocycles.